The summed E-state index contributed by atoms with van der Waals surface area (Å²) in [5, 5.41) is 10.8. The number of amides is 6. The Bertz CT molecular complexity index is 2790. The normalized spacial score (nSPS) is 15.8. The van der Waals surface area contributed by atoms with Gasteiger partial charge in [-0.05, 0) is 61.0 Å². The number of nitrogens with one attached hydrogen (secondary N) is 5. The predicted molar refractivity (Wildman–Crippen MR) is 281 cm³/mol. The predicted octanol–water partition coefficient (Wildman–Crippen LogP) is 3.42. The number of H-pyrrole nitrogens is 1. The molecule has 1 unspecified atom stereocenters. The third-order valence-corrected chi connectivity index (χ3v) is 12.8. The Balaban J connectivity index is 0.666. The highest BCUT2D eigenvalue weighted by molar-refractivity contribution is 6.25. The van der Waals surface area contributed by atoms with Gasteiger partial charge in [0.25, 0.3) is 23.6 Å². The van der Waals surface area contributed by atoms with Crippen LogP contribution in [0.2, 0.25) is 0 Å². The largest absolute Gasteiger partial charge is 0.417 e. The van der Waals surface area contributed by atoms with Gasteiger partial charge in [-0.3, -0.25) is 43.8 Å². The first-order chi connectivity index (χ1) is 38.2. The topological polar surface area (TPSA) is 258 Å². The fourth-order valence-electron chi connectivity index (χ4n) is 8.72. The highest BCUT2D eigenvalue weighted by Crippen LogP contribution is 2.36. The molecule has 5 N–H and O–H groups in total. The quantitative estimate of drug-likeness (QED) is 0.0357. The molecule has 0 radical (unpaired) electrons. The number of carbonyl (C=O) groups excluding carboxylic acids is 6. The summed E-state index contributed by atoms with van der Waals surface area (Å²) in [6.07, 6.45) is -4.04. The van der Waals surface area contributed by atoms with Crippen LogP contribution in [0.5, 0.6) is 0 Å². The van der Waals surface area contributed by atoms with E-state index >= 15 is 0 Å². The summed E-state index contributed by atoms with van der Waals surface area (Å²) >= 11 is 0. The van der Waals surface area contributed by atoms with Crippen molar-refractivity contribution in [1.29, 1.82) is 0 Å². The highest BCUT2D eigenvalue weighted by atomic mass is 19.4. The van der Waals surface area contributed by atoms with Crippen LogP contribution in [-0.2, 0) is 48.9 Å². The molecular weight excluding hydrogens is 1040 g/mol. The number of likely N-dealkylation sites (N-methyl/N-ethyl adjacent to an activating group) is 1. The molecule has 79 heavy (non-hydrogen) atoms. The van der Waals surface area contributed by atoms with Gasteiger partial charge in [-0.1, -0.05) is 24.3 Å². The van der Waals surface area contributed by atoms with Crippen LogP contribution in [0.1, 0.15) is 59.8 Å². The van der Waals surface area contributed by atoms with Crippen molar-refractivity contribution in [3.63, 3.8) is 0 Å². The summed E-state index contributed by atoms with van der Waals surface area (Å²) < 4.78 is 80.3. The summed E-state index contributed by atoms with van der Waals surface area (Å²) in [4.78, 5) is 95.4. The number of piperazine rings is 1. The molecule has 3 aliphatic rings. The number of nitrogens with zero attached hydrogens (tertiary/aromatic N) is 3. The van der Waals surface area contributed by atoms with Gasteiger partial charge in [0, 0.05) is 69.2 Å². The molecule has 3 aliphatic heterocycles. The average molecular weight is 1110 g/mol. The van der Waals surface area contributed by atoms with Crippen LogP contribution in [0, 0.1) is 0 Å². The van der Waals surface area contributed by atoms with E-state index in [4.69, 9.17) is 33.2 Å². The van der Waals surface area contributed by atoms with Gasteiger partial charge < -0.3 is 63.9 Å². The Hall–Kier alpha value is -7.10. The number of imide groups is 2. The summed E-state index contributed by atoms with van der Waals surface area (Å²) in [6.45, 7) is 8.35. The maximum Gasteiger partial charge on any atom is 0.417 e. The summed E-state index contributed by atoms with van der Waals surface area (Å²) in [5.74, 6) is -3.59. The molecule has 426 valence electrons. The van der Waals surface area contributed by atoms with Gasteiger partial charge in [0.15, 0.2) is 0 Å². The zero-order chi connectivity index (χ0) is 56.2. The first-order valence-electron chi connectivity index (χ1n) is 25.9. The zero-order valence-corrected chi connectivity index (χ0v) is 43.8. The van der Waals surface area contributed by atoms with Gasteiger partial charge >= 0.3 is 6.18 Å². The van der Waals surface area contributed by atoms with Crippen molar-refractivity contribution in [2.45, 2.75) is 25.1 Å². The number of ether oxygens (including phenoxy) is 7. The number of alkyl halides is 3. The molecular formula is C54H65F3N8O14. The lowest BCUT2D eigenvalue weighted by Gasteiger charge is -2.35. The molecule has 7 rings (SSSR count). The molecule has 25 heteroatoms. The van der Waals surface area contributed by atoms with Crippen molar-refractivity contribution in [3.05, 3.63) is 111 Å². The van der Waals surface area contributed by atoms with Crippen molar-refractivity contribution >= 4 is 52.5 Å². The van der Waals surface area contributed by atoms with Gasteiger partial charge in [-0.25, -0.2) is 0 Å². The van der Waals surface area contributed by atoms with E-state index < -0.39 is 58.4 Å². The van der Waals surface area contributed by atoms with Crippen LogP contribution in [0.15, 0.2) is 77.7 Å². The molecule has 4 aromatic rings. The molecule has 2 fully saturated rings. The minimum Gasteiger partial charge on any atom is -0.382 e. The molecule has 0 aliphatic carbocycles. The van der Waals surface area contributed by atoms with Gasteiger partial charge in [-0.2, -0.15) is 13.2 Å². The summed E-state index contributed by atoms with van der Waals surface area (Å²) in [6, 6.07) is 16.3. The Kier molecular flexibility index (Phi) is 22.4. The molecule has 2 saturated heterocycles. The molecule has 0 saturated carbocycles. The molecule has 22 nitrogen and oxygen atoms in total. The minimum atomic E-state index is -4.93. The van der Waals surface area contributed by atoms with Crippen LogP contribution in [0.25, 0.3) is 11.1 Å². The minimum absolute atomic E-state index is 0.0459. The van der Waals surface area contributed by atoms with E-state index in [9.17, 15) is 46.7 Å². The second-order valence-electron chi connectivity index (χ2n) is 18.3. The van der Waals surface area contributed by atoms with Crippen molar-refractivity contribution in [1.82, 2.24) is 25.4 Å². The van der Waals surface area contributed by atoms with Crippen molar-refractivity contribution in [2.75, 3.05) is 154 Å². The Morgan fingerprint density at radius 3 is 1.80 bits per heavy atom. The van der Waals surface area contributed by atoms with Gasteiger partial charge in [0.2, 0.25) is 17.4 Å². The van der Waals surface area contributed by atoms with E-state index in [-0.39, 0.29) is 43.0 Å². The van der Waals surface area contributed by atoms with Crippen LogP contribution in [0.4, 0.5) is 30.2 Å². The van der Waals surface area contributed by atoms with E-state index in [2.05, 4.69) is 31.2 Å². The van der Waals surface area contributed by atoms with Crippen LogP contribution in [0.3, 0.4) is 0 Å². The summed E-state index contributed by atoms with van der Waals surface area (Å²) in [7, 11) is 1.99. The number of hydrogen-bond donors (Lipinski definition) is 5. The number of pyridine rings is 1. The number of carbonyl (C=O) groups is 6. The number of anilines is 3. The molecule has 4 heterocycles. The van der Waals surface area contributed by atoms with Crippen LogP contribution < -0.4 is 31.7 Å². The van der Waals surface area contributed by atoms with E-state index in [1.807, 2.05) is 18.0 Å². The number of fused-ring (bicyclic) bond motifs is 1. The standard InChI is InChI=1S/C54H65F3N8O14/c1-63-15-17-64(18-16-63)44-10-9-38(33-43(44)61-50(69)40-35-60-47(67)34-41(40)54(55,56)57)36-5-7-37(8-6-36)49(68)59-14-20-74-22-24-76-26-28-78-30-32-79-31-29-77-27-25-75-23-21-73-19-13-58-42-4-2-3-39-48(42)53(72)65(52(39)71)45-11-12-46(66)62-51(45)70/h2-10,33-35,45,58H,11-32H2,1H3,(H,59,68)(H,60,67)(H,61,69)(H,62,66,70). The first kappa shape index (κ1) is 59.6. The number of halogens is 3. The summed E-state index contributed by atoms with van der Waals surface area (Å²) in [5.41, 5.74) is 0.482. The Morgan fingerprint density at radius 2 is 1.22 bits per heavy atom. The molecule has 0 spiro atoms. The number of aromatic amines is 1. The van der Waals surface area contributed by atoms with E-state index in [0.717, 1.165) is 24.2 Å². The molecule has 1 atom stereocenters. The lowest BCUT2D eigenvalue weighted by atomic mass is 10.0. The van der Waals surface area contributed by atoms with E-state index in [0.29, 0.717) is 145 Å². The molecule has 6 amide bonds. The Labute approximate surface area is 453 Å². The average Bonchev–Trinajstić information content (AvgIpc) is 3.90. The number of hydrogen-bond acceptors (Lipinski definition) is 17. The lowest BCUT2D eigenvalue weighted by molar-refractivity contribution is -0.138. The Morgan fingerprint density at radius 1 is 0.646 bits per heavy atom. The van der Waals surface area contributed by atoms with Gasteiger partial charge in [0.1, 0.15) is 6.04 Å². The number of rotatable bonds is 31. The van der Waals surface area contributed by atoms with E-state index in [1.54, 1.807) is 48.5 Å². The van der Waals surface area contributed by atoms with Crippen molar-refractivity contribution in [3.8, 4) is 11.1 Å². The maximum absolute atomic E-state index is 13.8. The lowest BCUT2D eigenvalue weighted by Crippen LogP contribution is -2.54. The first-order valence-corrected chi connectivity index (χ1v) is 25.9. The smallest absolute Gasteiger partial charge is 0.382 e. The van der Waals surface area contributed by atoms with Gasteiger partial charge in [0.05, 0.1) is 126 Å². The number of aromatic nitrogens is 1. The maximum atomic E-state index is 13.8. The SMILES string of the molecule is CN1CCN(c2ccc(-c3ccc(C(=O)NCCOCCOCCOCCOCCOCCOCCOCCNc4cccc5c4C(=O)N(C4CCC(=O)NC4=O)C5=O)cc3)cc2NC(=O)c2c[nH]c(=O)cc2C(F)(F)F)CC1. The van der Waals surface area contributed by atoms with Crippen molar-refractivity contribution in [2.24, 2.45) is 0 Å². The second-order valence-corrected chi connectivity index (χ2v) is 18.3. The third-order valence-electron chi connectivity index (χ3n) is 12.8. The molecule has 1 aromatic heterocycles. The van der Waals surface area contributed by atoms with E-state index in [1.165, 1.54) is 6.07 Å². The highest BCUT2D eigenvalue weighted by Gasteiger charge is 2.45. The number of piperidine rings is 1. The monoisotopic (exact) mass is 1110 g/mol. The van der Waals surface area contributed by atoms with Crippen molar-refractivity contribution < 1.29 is 75.1 Å². The zero-order valence-electron chi connectivity index (χ0n) is 43.8. The number of benzene rings is 3. The fraction of sp³-hybridized carbons (Fsp3) is 0.463. The molecule has 0 bridgehead atoms. The second kappa shape index (κ2) is 29.8. The molecule has 3 aromatic carbocycles. The fourth-order valence-corrected chi connectivity index (χ4v) is 8.72. The van der Waals surface area contributed by atoms with Crippen LogP contribution >= 0.6 is 0 Å². The van der Waals surface area contributed by atoms with Gasteiger partial charge in [-0.15, -0.1) is 0 Å². The van der Waals surface area contributed by atoms with Crippen LogP contribution in [-0.4, -0.2) is 195 Å². The third kappa shape index (κ3) is 17.2.